The highest BCUT2D eigenvalue weighted by molar-refractivity contribution is 9.10. The summed E-state index contributed by atoms with van der Waals surface area (Å²) in [5.74, 6) is -0.0230. The molecule has 0 unspecified atom stereocenters. The first kappa shape index (κ1) is 16.1. The molecule has 1 aromatic carbocycles. The summed E-state index contributed by atoms with van der Waals surface area (Å²) in [5.41, 5.74) is 1.87. The maximum Gasteiger partial charge on any atom is 0.238 e. The van der Waals surface area contributed by atoms with Crippen LogP contribution in [-0.4, -0.2) is 42.2 Å². The number of aliphatic hydroxyl groups excluding tert-OH is 1. The Bertz CT molecular complexity index is 424. The van der Waals surface area contributed by atoms with Crippen molar-refractivity contribution in [3.63, 3.8) is 0 Å². The number of rotatable bonds is 7. The fourth-order valence-corrected chi connectivity index (χ4v) is 2.28. The predicted octanol–water partition coefficient (Wildman–Crippen LogP) is 2.40. The Morgan fingerprint density at radius 3 is 2.79 bits per heavy atom. The van der Waals surface area contributed by atoms with Gasteiger partial charge in [0, 0.05) is 23.3 Å². The summed E-state index contributed by atoms with van der Waals surface area (Å²) in [6.45, 7) is 6.02. The van der Waals surface area contributed by atoms with E-state index in [9.17, 15) is 4.79 Å². The molecule has 0 aliphatic heterocycles. The van der Waals surface area contributed by atoms with Gasteiger partial charge in [-0.3, -0.25) is 9.69 Å². The molecule has 0 heterocycles. The van der Waals surface area contributed by atoms with E-state index in [1.165, 1.54) is 0 Å². The van der Waals surface area contributed by atoms with Crippen LogP contribution in [0, 0.1) is 6.92 Å². The molecule has 0 aromatic heterocycles. The second-order valence-corrected chi connectivity index (χ2v) is 5.37. The third-order valence-corrected chi connectivity index (χ3v) is 3.40. The molecule has 0 bridgehead atoms. The monoisotopic (exact) mass is 328 g/mol. The Morgan fingerprint density at radius 2 is 2.21 bits per heavy atom. The minimum Gasteiger partial charge on any atom is -0.396 e. The van der Waals surface area contributed by atoms with E-state index in [0.717, 1.165) is 28.8 Å². The Labute approximate surface area is 122 Å². The highest BCUT2D eigenvalue weighted by Crippen LogP contribution is 2.19. The van der Waals surface area contributed by atoms with Crippen LogP contribution < -0.4 is 5.32 Å². The molecule has 1 rings (SSSR count). The largest absolute Gasteiger partial charge is 0.396 e. The van der Waals surface area contributed by atoms with Crippen molar-refractivity contribution in [3.8, 4) is 0 Å². The molecule has 106 valence electrons. The van der Waals surface area contributed by atoms with Crippen molar-refractivity contribution < 1.29 is 9.90 Å². The zero-order valence-electron chi connectivity index (χ0n) is 11.4. The van der Waals surface area contributed by atoms with Crippen LogP contribution in [0.2, 0.25) is 0 Å². The Hall–Kier alpha value is -0.910. The van der Waals surface area contributed by atoms with E-state index >= 15 is 0 Å². The Morgan fingerprint density at radius 1 is 1.47 bits per heavy atom. The molecule has 0 saturated heterocycles. The number of aliphatic hydroxyl groups is 1. The highest BCUT2D eigenvalue weighted by Gasteiger charge is 2.10. The van der Waals surface area contributed by atoms with Crippen molar-refractivity contribution in [2.75, 3.05) is 31.6 Å². The fourth-order valence-electron chi connectivity index (χ4n) is 1.80. The highest BCUT2D eigenvalue weighted by atomic mass is 79.9. The summed E-state index contributed by atoms with van der Waals surface area (Å²) in [4.78, 5) is 14.0. The van der Waals surface area contributed by atoms with Crippen LogP contribution in [0.3, 0.4) is 0 Å². The Balaban J connectivity index is 2.54. The molecule has 19 heavy (non-hydrogen) atoms. The first-order valence-corrected chi connectivity index (χ1v) is 7.25. The van der Waals surface area contributed by atoms with Crippen LogP contribution in [-0.2, 0) is 4.79 Å². The average Bonchev–Trinajstić information content (AvgIpc) is 2.38. The number of carbonyl (C=O) groups is 1. The first-order chi connectivity index (χ1) is 9.06. The van der Waals surface area contributed by atoms with Gasteiger partial charge in [0.15, 0.2) is 0 Å². The van der Waals surface area contributed by atoms with E-state index in [2.05, 4.69) is 21.2 Å². The van der Waals surface area contributed by atoms with Gasteiger partial charge in [-0.2, -0.15) is 0 Å². The summed E-state index contributed by atoms with van der Waals surface area (Å²) in [6.07, 6.45) is 0.693. The van der Waals surface area contributed by atoms with Gasteiger partial charge in [0.1, 0.15) is 0 Å². The van der Waals surface area contributed by atoms with Gasteiger partial charge >= 0.3 is 0 Å². The van der Waals surface area contributed by atoms with E-state index in [1.807, 2.05) is 36.9 Å². The molecule has 0 saturated carbocycles. The van der Waals surface area contributed by atoms with Gasteiger partial charge < -0.3 is 10.4 Å². The molecule has 0 spiro atoms. The second kappa shape index (κ2) is 8.30. The van der Waals surface area contributed by atoms with E-state index in [4.69, 9.17) is 5.11 Å². The quantitative estimate of drug-likeness (QED) is 0.808. The van der Waals surface area contributed by atoms with Gasteiger partial charge in [0.25, 0.3) is 0 Å². The molecule has 0 aliphatic rings. The van der Waals surface area contributed by atoms with Gasteiger partial charge in [0.2, 0.25) is 5.91 Å². The molecule has 0 atom stereocenters. The number of amides is 1. The number of hydrogen-bond acceptors (Lipinski definition) is 3. The Kier molecular flexibility index (Phi) is 7.05. The average molecular weight is 329 g/mol. The number of carbonyl (C=O) groups excluding carboxylic acids is 1. The minimum atomic E-state index is -0.0230. The molecule has 5 heteroatoms. The number of nitrogens with zero attached hydrogens (tertiary/aromatic N) is 1. The van der Waals surface area contributed by atoms with E-state index in [0.29, 0.717) is 13.0 Å². The van der Waals surface area contributed by atoms with E-state index in [1.54, 1.807) is 0 Å². The number of halogens is 1. The topological polar surface area (TPSA) is 52.6 Å². The summed E-state index contributed by atoms with van der Waals surface area (Å²) in [5, 5.41) is 11.7. The van der Waals surface area contributed by atoms with Crippen molar-refractivity contribution >= 4 is 27.5 Å². The second-order valence-electron chi connectivity index (χ2n) is 4.45. The predicted molar refractivity (Wildman–Crippen MR) is 81.3 cm³/mol. The van der Waals surface area contributed by atoms with E-state index in [-0.39, 0.29) is 12.5 Å². The number of hydrogen-bond donors (Lipinski definition) is 2. The lowest BCUT2D eigenvalue weighted by atomic mass is 10.2. The SMILES string of the molecule is CCN(CCCO)CC(=O)Nc1ccc(Br)cc1C. The van der Waals surface area contributed by atoms with Gasteiger partial charge in [0.05, 0.1) is 6.54 Å². The lowest BCUT2D eigenvalue weighted by Crippen LogP contribution is -2.34. The molecule has 0 radical (unpaired) electrons. The standard InChI is InChI=1S/C14H21BrN2O2/c1-3-17(7-4-8-18)10-14(19)16-13-6-5-12(15)9-11(13)2/h5-6,9,18H,3-4,7-8,10H2,1-2H3,(H,16,19). The van der Waals surface area contributed by atoms with Crippen molar-refractivity contribution in [1.82, 2.24) is 4.90 Å². The zero-order valence-corrected chi connectivity index (χ0v) is 13.0. The maximum atomic E-state index is 12.0. The van der Waals surface area contributed by atoms with Crippen LogP contribution in [0.1, 0.15) is 18.9 Å². The molecule has 0 fully saturated rings. The number of likely N-dealkylation sites (N-methyl/N-ethyl adjacent to an activating group) is 1. The lowest BCUT2D eigenvalue weighted by Gasteiger charge is -2.19. The molecular weight excluding hydrogens is 308 g/mol. The molecule has 0 aliphatic carbocycles. The first-order valence-electron chi connectivity index (χ1n) is 6.46. The molecule has 1 amide bonds. The number of anilines is 1. The molecule has 2 N–H and O–H groups in total. The van der Waals surface area contributed by atoms with Crippen LogP contribution in [0.4, 0.5) is 5.69 Å². The van der Waals surface area contributed by atoms with Gasteiger partial charge in [-0.25, -0.2) is 0 Å². The van der Waals surface area contributed by atoms with Crippen LogP contribution in [0.25, 0.3) is 0 Å². The van der Waals surface area contributed by atoms with Crippen LogP contribution in [0.5, 0.6) is 0 Å². The fraction of sp³-hybridized carbons (Fsp3) is 0.500. The number of nitrogens with one attached hydrogen (secondary N) is 1. The van der Waals surface area contributed by atoms with Gasteiger partial charge in [-0.1, -0.05) is 22.9 Å². The van der Waals surface area contributed by atoms with Gasteiger partial charge in [-0.15, -0.1) is 0 Å². The third kappa shape index (κ3) is 5.72. The van der Waals surface area contributed by atoms with Crippen molar-refractivity contribution in [2.45, 2.75) is 20.3 Å². The van der Waals surface area contributed by atoms with Gasteiger partial charge in [-0.05, 0) is 43.7 Å². The lowest BCUT2D eigenvalue weighted by molar-refractivity contribution is -0.117. The normalized spacial score (nSPS) is 10.8. The van der Waals surface area contributed by atoms with Crippen LogP contribution >= 0.6 is 15.9 Å². The maximum absolute atomic E-state index is 12.0. The summed E-state index contributed by atoms with van der Waals surface area (Å²) >= 11 is 3.40. The summed E-state index contributed by atoms with van der Waals surface area (Å²) in [7, 11) is 0. The number of aryl methyl sites for hydroxylation is 1. The summed E-state index contributed by atoms with van der Waals surface area (Å²) < 4.78 is 1.00. The van der Waals surface area contributed by atoms with Crippen molar-refractivity contribution in [1.29, 1.82) is 0 Å². The molecule has 1 aromatic rings. The van der Waals surface area contributed by atoms with Crippen LogP contribution in [0.15, 0.2) is 22.7 Å². The van der Waals surface area contributed by atoms with Crippen molar-refractivity contribution in [3.05, 3.63) is 28.2 Å². The zero-order chi connectivity index (χ0) is 14.3. The minimum absolute atomic E-state index is 0.0230. The van der Waals surface area contributed by atoms with E-state index < -0.39 is 0 Å². The number of benzene rings is 1. The third-order valence-electron chi connectivity index (χ3n) is 2.91. The molecular formula is C14H21BrN2O2. The van der Waals surface area contributed by atoms with Crippen molar-refractivity contribution in [2.24, 2.45) is 0 Å². The summed E-state index contributed by atoms with van der Waals surface area (Å²) in [6, 6.07) is 5.77. The molecule has 4 nitrogen and oxygen atoms in total. The smallest absolute Gasteiger partial charge is 0.238 e.